The van der Waals surface area contributed by atoms with Gasteiger partial charge in [-0.3, -0.25) is 20.4 Å². The molecule has 0 fully saturated rings. The van der Waals surface area contributed by atoms with Gasteiger partial charge in [0.1, 0.15) is 5.69 Å². The van der Waals surface area contributed by atoms with Crippen LogP contribution in [0.2, 0.25) is 5.02 Å². The molecule has 104 valence electrons. The van der Waals surface area contributed by atoms with E-state index in [0.717, 1.165) is 8.04 Å². The Morgan fingerprint density at radius 2 is 1.90 bits per heavy atom. The average Bonchev–Trinajstić information content (AvgIpc) is 2.85. The van der Waals surface area contributed by atoms with E-state index in [0.29, 0.717) is 16.3 Å². The molecule has 0 aliphatic rings. The number of benzene rings is 1. The van der Waals surface area contributed by atoms with Gasteiger partial charge in [-0.05, 0) is 62.8 Å². The van der Waals surface area contributed by atoms with Gasteiger partial charge >= 0.3 is 0 Å². The summed E-state index contributed by atoms with van der Waals surface area (Å²) in [7, 11) is 0. The number of nitrogens with one attached hydrogen (secondary N) is 3. The number of hydrogen-bond acceptors (Lipinski definition) is 2. The highest BCUT2D eigenvalue weighted by Crippen LogP contribution is 2.17. The number of H-pyrrole nitrogens is 1. The first-order valence-corrected chi connectivity index (χ1v) is 7.62. The number of amides is 2. The van der Waals surface area contributed by atoms with Gasteiger partial charge in [0.2, 0.25) is 0 Å². The third-order valence-electron chi connectivity index (χ3n) is 2.36. The molecule has 0 bridgehead atoms. The first-order chi connectivity index (χ1) is 9.47. The largest absolute Gasteiger partial charge is 0.356 e. The van der Waals surface area contributed by atoms with Crippen LogP contribution in [-0.4, -0.2) is 16.8 Å². The molecule has 0 spiro atoms. The van der Waals surface area contributed by atoms with E-state index in [2.05, 4.69) is 31.8 Å². The van der Waals surface area contributed by atoms with Crippen molar-refractivity contribution in [2.45, 2.75) is 0 Å². The molecule has 1 heterocycles. The fourth-order valence-corrected chi connectivity index (χ4v) is 2.51. The Hall–Kier alpha value is -1.06. The number of halogens is 3. The lowest BCUT2D eigenvalue weighted by Gasteiger charge is -2.08. The van der Waals surface area contributed by atoms with E-state index < -0.39 is 11.8 Å². The summed E-state index contributed by atoms with van der Waals surface area (Å²) in [5.74, 6) is -0.878. The molecule has 5 nitrogen and oxygen atoms in total. The molecule has 3 N–H and O–H groups in total. The standard InChI is InChI=1S/C12H8BrClIN3O2/c13-6-3-10(16-5-6)12(20)18-17-11(19)8-4-7(14)1-2-9(8)15/h1-5,16H,(H,17,19)(H,18,20). The topological polar surface area (TPSA) is 74.0 Å². The SMILES string of the molecule is O=C(NNC(=O)c1cc(Cl)ccc1I)c1cc(Br)c[nH]1. The van der Waals surface area contributed by atoms with Gasteiger partial charge in [-0.15, -0.1) is 0 Å². The van der Waals surface area contributed by atoms with E-state index in [-0.39, 0.29) is 0 Å². The van der Waals surface area contributed by atoms with E-state index in [1.54, 1.807) is 24.4 Å². The first-order valence-electron chi connectivity index (χ1n) is 5.37. The molecule has 2 rings (SSSR count). The Morgan fingerprint density at radius 1 is 1.20 bits per heavy atom. The molecule has 2 amide bonds. The maximum absolute atomic E-state index is 11.9. The highest BCUT2D eigenvalue weighted by Gasteiger charge is 2.13. The van der Waals surface area contributed by atoms with Crippen molar-refractivity contribution >= 4 is 61.9 Å². The van der Waals surface area contributed by atoms with Crippen molar-refractivity contribution in [2.24, 2.45) is 0 Å². The molecule has 0 aliphatic carbocycles. The van der Waals surface area contributed by atoms with Crippen LogP contribution >= 0.6 is 50.1 Å². The zero-order valence-corrected chi connectivity index (χ0v) is 14.3. The second-order valence-electron chi connectivity index (χ2n) is 3.76. The molecule has 1 aromatic carbocycles. The minimum Gasteiger partial charge on any atom is -0.356 e. The van der Waals surface area contributed by atoms with Crippen molar-refractivity contribution in [1.29, 1.82) is 0 Å². The van der Waals surface area contributed by atoms with E-state index in [4.69, 9.17) is 11.6 Å². The van der Waals surface area contributed by atoms with Gasteiger partial charge < -0.3 is 4.98 Å². The lowest BCUT2D eigenvalue weighted by molar-refractivity contribution is 0.0844. The van der Waals surface area contributed by atoms with Crippen LogP contribution in [0.15, 0.2) is 34.9 Å². The van der Waals surface area contributed by atoms with Gasteiger partial charge in [0.05, 0.1) is 5.56 Å². The maximum Gasteiger partial charge on any atom is 0.286 e. The van der Waals surface area contributed by atoms with E-state index in [1.807, 2.05) is 22.6 Å². The molecule has 0 saturated carbocycles. The molecule has 2 aromatic rings. The molecule has 0 aliphatic heterocycles. The zero-order valence-electron chi connectivity index (χ0n) is 9.84. The summed E-state index contributed by atoms with van der Waals surface area (Å²) < 4.78 is 1.49. The van der Waals surface area contributed by atoms with Crippen LogP contribution in [0.25, 0.3) is 0 Å². The minimum atomic E-state index is -0.443. The minimum absolute atomic E-state index is 0.331. The lowest BCUT2D eigenvalue weighted by Crippen LogP contribution is -2.42. The third kappa shape index (κ3) is 3.74. The summed E-state index contributed by atoms with van der Waals surface area (Å²) in [6.07, 6.45) is 1.62. The summed E-state index contributed by atoms with van der Waals surface area (Å²) in [5, 5.41) is 0.454. The Morgan fingerprint density at radius 3 is 2.55 bits per heavy atom. The number of aromatic amines is 1. The van der Waals surface area contributed by atoms with Gasteiger partial charge in [-0.1, -0.05) is 11.6 Å². The second kappa shape index (κ2) is 6.59. The lowest BCUT2D eigenvalue weighted by atomic mass is 10.2. The van der Waals surface area contributed by atoms with Crippen molar-refractivity contribution in [3.8, 4) is 0 Å². The maximum atomic E-state index is 11.9. The van der Waals surface area contributed by atoms with E-state index in [1.165, 1.54) is 6.07 Å². The van der Waals surface area contributed by atoms with Crippen LogP contribution in [0, 0.1) is 3.57 Å². The normalized spacial score (nSPS) is 10.2. The van der Waals surface area contributed by atoms with Crippen LogP contribution in [-0.2, 0) is 0 Å². The smallest absolute Gasteiger partial charge is 0.286 e. The summed E-state index contributed by atoms with van der Waals surface area (Å²) >= 11 is 11.1. The Kier molecular flexibility index (Phi) is 5.06. The molecular weight excluding hydrogens is 460 g/mol. The first kappa shape index (κ1) is 15.3. The Bertz CT molecular complexity index is 674. The summed E-state index contributed by atoms with van der Waals surface area (Å²) in [5.41, 5.74) is 5.38. The van der Waals surface area contributed by atoms with Crippen molar-refractivity contribution in [3.05, 3.63) is 54.8 Å². The number of hydrogen-bond donors (Lipinski definition) is 3. The fourth-order valence-electron chi connectivity index (χ4n) is 1.42. The van der Waals surface area contributed by atoms with Crippen LogP contribution in [0.5, 0.6) is 0 Å². The Labute approximate surface area is 141 Å². The van der Waals surface area contributed by atoms with Crippen molar-refractivity contribution in [3.63, 3.8) is 0 Å². The number of carbonyl (C=O) groups excluding carboxylic acids is 2. The molecule has 0 saturated heterocycles. The highest BCUT2D eigenvalue weighted by atomic mass is 127. The number of hydrazine groups is 1. The highest BCUT2D eigenvalue weighted by molar-refractivity contribution is 14.1. The molecule has 1 aromatic heterocycles. The predicted octanol–water partition coefficient (Wildman–Crippen LogP) is 3.11. The quantitative estimate of drug-likeness (QED) is 0.468. The monoisotopic (exact) mass is 467 g/mol. The van der Waals surface area contributed by atoms with E-state index in [9.17, 15) is 9.59 Å². The number of carbonyl (C=O) groups is 2. The van der Waals surface area contributed by atoms with Gasteiger partial charge in [0.25, 0.3) is 11.8 Å². The zero-order chi connectivity index (χ0) is 14.7. The van der Waals surface area contributed by atoms with Crippen LogP contribution < -0.4 is 10.9 Å². The van der Waals surface area contributed by atoms with Crippen LogP contribution in [0.1, 0.15) is 20.8 Å². The summed E-state index contributed by atoms with van der Waals surface area (Å²) in [4.78, 5) is 26.4. The Balaban J connectivity index is 2.02. The van der Waals surface area contributed by atoms with Crippen molar-refractivity contribution in [1.82, 2.24) is 15.8 Å². The van der Waals surface area contributed by atoms with Crippen molar-refractivity contribution in [2.75, 3.05) is 0 Å². The molecule has 20 heavy (non-hydrogen) atoms. The van der Waals surface area contributed by atoms with Gasteiger partial charge in [-0.2, -0.15) is 0 Å². The molecule has 0 atom stereocenters. The van der Waals surface area contributed by atoms with Gasteiger partial charge in [0.15, 0.2) is 0 Å². The van der Waals surface area contributed by atoms with Crippen LogP contribution in [0.3, 0.4) is 0 Å². The third-order valence-corrected chi connectivity index (χ3v) is 3.99. The van der Waals surface area contributed by atoms with Gasteiger partial charge in [0, 0.05) is 19.3 Å². The second-order valence-corrected chi connectivity index (χ2v) is 6.28. The van der Waals surface area contributed by atoms with Gasteiger partial charge in [-0.25, -0.2) is 0 Å². The summed E-state index contributed by atoms with van der Waals surface area (Å²) in [6.45, 7) is 0. The fraction of sp³-hybridized carbons (Fsp3) is 0. The van der Waals surface area contributed by atoms with Crippen LogP contribution in [0.4, 0.5) is 0 Å². The molecule has 8 heteroatoms. The summed E-state index contributed by atoms with van der Waals surface area (Å²) in [6, 6.07) is 6.55. The predicted molar refractivity (Wildman–Crippen MR) is 87.6 cm³/mol. The molecule has 0 radical (unpaired) electrons. The molecular formula is C12H8BrClIN3O2. The van der Waals surface area contributed by atoms with Crippen molar-refractivity contribution < 1.29 is 9.59 Å². The van der Waals surface area contributed by atoms with E-state index >= 15 is 0 Å². The molecule has 0 unspecified atom stereocenters. The number of aromatic nitrogens is 1. The average molecular weight is 468 g/mol. The number of rotatable bonds is 2.